The van der Waals surface area contributed by atoms with Crippen molar-refractivity contribution >= 4 is 6.08 Å². The third-order valence-corrected chi connectivity index (χ3v) is 5.09. The molecule has 0 radical (unpaired) electrons. The molecule has 1 fully saturated rings. The number of nitrogens with zero attached hydrogens (tertiary/aromatic N) is 1. The van der Waals surface area contributed by atoms with Crippen molar-refractivity contribution in [2.75, 3.05) is 27.3 Å². The molecule has 0 N–H and O–H groups in total. The van der Waals surface area contributed by atoms with E-state index in [0.29, 0.717) is 12.0 Å². The van der Waals surface area contributed by atoms with Crippen LogP contribution in [0, 0.1) is 5.92 Å². The summed E-state index contributed by atoms with van der Waals surface area (Å²) in [4.78, 5) is 2.66. The fourth-order valence-electron chi connectivity index (χ4n) is 4.24. The van der Waals surface area contributed by atoms with E-state index < -0.39 is 0 Å². The Morgan fingerprint density at radius 1 is 1.20 bits per heavy atom. The Morgan fingerprint density at radius 2 is 2.10 bits per heavy atom. The van der Waals surface area contributed by atoms with Crippen LogP contribution in [0.1, 0.15) is 35.6 Å². The van der Waals surface area contributed by atoms with Crippen molar-refractivity contribution < 1.29 is 9.47 Å². The molecule has 1 aliphatic carbocycles. The fourth-order valence-corrected chi connectivity index (χ4v) is 4.24. The zero-order valence-electron chi connectivity index (χ0n) is 12.2. The van der Waals surface area contributed by atoms with Crippen molar-refractivity contribution in [1.82, 2.24) is 4.90 Å². The largest absolute Gasteiger partial charge is 0.493 e. The molecule has 1 aromatic rings. The van der Waals surface area contributed by atoms with E-state index in [1.165, 1.54) is 42.6 Å². The maximum Gasteiger partial charge on any atom is 0.168 e. The Hall–Kier alpha value is -1.48. The molecule has 2 aliphatic heterocycles. The van der Waals surface area contributed by atoms with E-state index in [2.05, 4.69) is 23.1 Å². The predicted molar refractivity (Wildman–Crippen MR) is 79.3 cm³/mol. The van der Waals surface area contributed by atoms with Gasteiger partial charge in [-0.3, -0.25) is 4.90 Å². The number of benzene rings is 1. The molecule has 4 rings (SSSR count). The highest BCUT2D eigenvalue weighted by Crippen LogP contribution is 2.50. The van der Waals surface area contributed by atoms with Gasteiger partial charge in [0.15, 0.2) is 11.5 Å². The maximum absolute atomic E-state index is 5.63. The first-order valence-electron chi connectivity index (χ1n) is 7.53. The van der Waals surface area contributed by atoms with Crippen molar-refractivity contribution in [3.63, 3.8) is 0 Å². The average molecular weight is 271 g/mol. The van der Waals surface area contributed by atoms with E-state index in [4.69, 9.17) is 9.47 Å². The van der Waals surface area contributed by atoms with E-state index in [0.717, 1.165) is 17.9 Å². The van der Waals surface area contributed by atoms with Crippen LogP contribution in [0.15, 0.2) is 12.1 Å². The van der Waals surface area contributed by atoms with Crippen molar-refractivity contribution in [3.8, 4) is 11.5 Å². The zero-order chi connectivity index (χ0) is 13.7. The molecule has 0 amide bonds. The van der Waals surface area contributed by atoms with E-state index in [1.54, 1.807) is 14.2 Å². The predicted octanol–water partition coefficient (Wildman–Crippen LogP) is 3.04. The fraction of sp³-hybridized carbons (Fsp3) is 0.529. The Balaban J connectivity index is 1.95. The Kier molecular flexibility index (Phi) is 2.77. The highest BCUT2D eigenvalue weighted by molar-refractivity contribution is 5.71. The number of hydrogen-bond donors (Lipinski definition) is 0. The Labute approximate surface area is 120 Å². The molecule has 1 aromatic carbocycles. The molecule has 2 heterocycles. The lowest BCUT2D eigenvalue weighted by atomic mass is 9.74. The van der Waals surface area contributed by atoms with Gasteiger partial charge in [0.05, 0.1) is 14.2 Å². The first-order valence-corrected chi connectivity index (χ1v) is 7.53. The van der Waals surface area contributed by atoms with Crippen molar-refractivity contribution in [2.45, 2.75) is 25.3 Å². The topological polar surface area (TPSA) is 21.7 Å². The lowest BCUT2D eigenvalue weighted by Crippen LogP contribution is -2.44. The summed E-state index contributed by atoms with van der Waals surface area (Å²) < 4.78 is 11.2. The molecule has 2 atom stereocenters. The van der Waals surface area contributed by atoms with Gasteiger partial charge in [-0.2, -0.15) is 0 Å². The summed E-state index contributed by atoms with van der Waals surface area (Å²) in [5, 5.41) is 0. The molecule has 106 valence electrons. The second kappa shape index (κ2) is 4.52. The molecular weight excluding hydrogens is 250 g/mol. The van der Waals surface area contributed by atoms with E-state index in [-0.39, 0.29) is 0 Å². The van der Waals surface area contributed by atoms with Gasteiger partial charge in [-0.05, 0) is 48.9 Å². The minimum Gasteiger partial charge on any atom is -0.493 e. The van der Waals surface area contributed by atoms with Gasteiger partial charge >= 0.3 is 0 Å². The minimum atomic E-state index is 0.562. The molecule has 0 aromatic heterocycles. The third-order valence-electron chi connectivity index (χ3n) is 5.09. The highest BCUT2D eigenvalue weighted by Gasteiger charge is 2.39. The summed E-state index contributed by atoms with van der Waals surface area (Å²) in [6.45, 7) is 2.42. The number of piperidine rings is 1. The molecule has 0 bridgehead atoms. The summed E-state index contributed by atoms with van der Waals surface area (Å²) in [6, 6.07) is 2.76. The lowest BCUT2D eigenvalue weighted by Gasteiger charge is -2.47. The number of ether oxygens (including phenoxy) is 2. The maximum atomic E-state index is 5.63. The second-order valence-corrected chi connectivity index (χ2v) is 5.99. The molecule has 3 heteroatoms. The molecule has 3 nitrogen and oxygen atoms in total. The van der Waals surface area contributed by atoms with Crippen molar-refractivity contribution in [2.24, 2.45) is 5.92 Å². The van der Waals surface area contributed by atoms with E-state index in [1.807, 2.05) is 0 Å². The van der Waals surface area contributed by atoms with Crippen LogP contribution in [0.5, 0.6) is 11.5 Å². The average Bonchev–Trinajstić information content (AvgIpc) is 2.51. The summed E-state index contributed by atoms with van der Waals surface area (Å²) in [5.41, 5.74) is 4.20. The van der Waals surface area contributed by atoms with Crippen LogP contribution in [0.4, 0.5) is 0 Å². The zero-order valence-corrected chi connectivity index (χ0v) is 12.2. The van der Waals surface area contributed by atoms with Gasteiger partial charge in [0.2, 0.25) is 0 Å². The van der Waals surface area contributed by atoms with E-state index in [9.17, 15) is 0 Å². The summed E-state index contributed by atoms with van der Waals surface area (Å²) in [6.07, 6.45) is 8.40. The highest BCUT2D eigenvalue weighted by atomic mass is 16.5. The summed E-state index contributed by atoms with van der Waals surface area (Å²) >= 11 is 0. The summed E-state index contributed by atoms with van der Waals surface area (Å²) in [5.74, 6) is 2.44. The molecule has 3 aliphatic rings. The Bertz CT molecular complexity index is 579. The Morgan fingerprint density at radius 3 is 2.90 bits per heavy atom. The van der Waals surface area contributed by atoms with Crippen molar-refractivity contribution in [1.29, 1.82) is 0 Å². The number of rotatable bonds is 2. The quantitative estimate of drug-likeness (QED) is 0.825. The van der Waals surface area contributed by atoms with Crippen molar-refractivity contribution in [3.05, 3.63) is 28.8 Å². The minimum absolute atomic E-state index is 0.562. The first-order chi connectivity index (χ1) is 9.83. The third kappa shape index (κ3) is 1.56. The molecule has 0 spiro atoms. The summed E-state index contributed by atoms with van der Waals surface area (Å²) in [7, 11) is 3.46. The normalized spacial score (nSPS) is 27.1. The first kappa shape index (κ1) is 12.3. The van der Waals surface area contributed by atoms with Crippen LogP contribution in [0.3, 0.4) is 0 Å². The van der Waals surface area contributed by atoms with Gasteiger partial charge in [0.25, 0.3) is 0 Å². The van der Waals surface area contributed by atoms with Gasteiger partial charge in [-0.15, -0.1) is 0 Å². The molecular formula is C17H21NO2. The molecule has 20 heavy (non-hydrogen) atoms. The molecule has 1 saturated heterocycles. The van der Waals surface area contributed by atoms with Crippen LogP contribution in [0.25, 0.3) is 6.08 Å². The standard InChI is InChI=1S/C17H21NO2/c1-19-14-10-12-7-9-18-8-3-4-11-5-6-13(17(14)20-2)15(12)16(11)18/h5-6,10-11,16H,3-4,7-9H2,1-2H3. The monoisotopic (exact) mass is 271 g/mol. The lowest BCUT2D eigenvalue weighted by molar-refractivity contribution is 0.103. The molecule has 0 saturated carbocycles. The smallest absolute Gasteiger partial charge is 0.168 e. The number of hydrogen-bond acceptors (Lipinski definition) is 3. The van der Waals surface area contributed by atoms with Crippen LogP contribution in [-0.4, -0.2) is 32.2 Å². The van der Waals surface area contributed by atoms with Crippen LogP contribution >= 0.6 is 0 Å². The van der Waals surface area contributed by atoms with Gasteiger partial charge in [0.1, 0.15) is 0 Å². The van der Waals surface area contributed by atoms with Gasteiger partial charge in [-0.25, -0.2) is 0 Å². The van der Waals surface area contributed by atoms with Crippen LogP contribution in [0.2, 0.25) is 0 Å². The second-order valence-electron chi connectivity index (χ2n) is 5.99. The number of methoxy groups -OCH3 is 2. The SMILES string of the molecule is COc1cc2c3c(c1OC)C=CC1CCCN(CC2)C31. The molecule has 2 unspecified atom stereocenters. The van der Waals surface area contributed by atoms with Crippen LogP contribution < -0.4 is 9.47 Å². The van der Waals surface area contributed by atoms with Crippen LogP contribution in [-0.2, 0) is 6.42 Å². The van der Waals surface area contributed by atoms with Gasteiger partial charge < -0.3 is 9.47 Å². The van der Waals surface area contributed by atoms with E-state index >= 15 is 0 Å². The van der Waals surface area contributed by atoms with Gasteiger partial charge in [-0.1, -0.05) is 12.2 Å². The van der Waals surface area contributed by atoms with Gasteiger partial charge in [0, 0.05) is 18.2 Å².